The van der Waals surface area contributed by atoms with Crippen LogP contribution in [0.2, 0.25) is 0 Å². The van der Waals surface area contributed by atoms with Crippen molar-refractivity contribution < 1.29 is 4.40 Å². The number of hydrogen-bond acceptors (Lipinski definition) is 1. The van der Waals surface area contributed by atoms with E-state index in [-0.39, 0.29) is 0 Å². The number of aromatic amines is 1. The first-order valence-corrected chi connectivity index (χ1v) is 6.78. The number of fused-ring (bicyclic) bond motifs is 4. The number of hydrogen-bond donors (Lipinski definition) is 1. The number of rotatable bonds is 0. The summed E-state index contributed by atoms with van der Waals surface area (Å²) in [4.78, 5) is 8.06. The molecule has 0 saturated carbocycles. The van der Waals surface area contributed by atoms with Gasteiger partial charge in [-0.1, -0.05) is 18.2 Å². The summed E-state index contributed by atoms with van der Waals surface area (Å²) in [5.41, 5.74) is 4.16. The highest BCUT2D eigenvalue weighted by Gasteiger charge is 2.15. The monoisotopic (exact) mass is 346 g/mol. The van der Waals surface area contributed by atoms with Crippen LogP contribution in [0.1, 0.15) is 0 Å². The van der Waals surface area contributed by atoms with E-state index >= 15 is 0 Å². The molecule has 0 spiro atoms. The van der Waals surface area contributed by atoms with Gasteiger partial charge in [0.25, 0.3) is 11.3 Å². The van der Waals surface area contributed by atoms with E-state index in [1.54, 1.807) is 0 Å². The zero-order chi connectivity index (χ0) is 12.1. The second-order valence-corrected chi connectivity index (χ2v) is 5.41. The molecule has 1 N–H and O–H groups in total. The molecule has 3 aromatic heterocycles. The van der Waals surface area contributed by atoms with Crippen LogP contribution in [-0.2, 0) is 0 Å². The van der Waals surface area contributed by atoms with Crippen molar-refractivity contribution in [3.8, 4) is 0 Å². The van der Waals surface area contributed by atoms with E-state index in [4.69, 9.17) is 0 Å². The average molecular weight is 346 g/mol. The smallest absolute Gasteiger partial charge is 0.220 e. The summed E-state index contributed by atoms with van der Waals surface area (Å²) in [6, 6.07) is 14.5. The zero-order valence-corrected chi connectivity index (χ0v) is 11.5. The second kappa shape index (κ2) is 3.65. The fraction of sp³-hybridized carbons (Fsp3) is 0. The Morgan fingerprint density at radius 3 is 2.94 bits per heavy atom. The number of pyridine rings is 2. The fourth-order valence-electron chi connectivity index (χ4n) is 2.30. The SMILES string of the molecule is Ic1ccc[n+]2c1[nH]c1nc3ccccc3cc12. The van der Waals surface area contributed by atoms with Crippen LogP contribution in [0.4, 0.5) is 0 Å². The van der Waals surface area contributed by atoms with E-state index in [1.807, 2.05) is 18.2 Å². The lowest BCUT2D eigenvalue weighted by molar-refractivity contribution is -0.481. The van der Waals surface area contributed by atoms with Crippen molar-refractivity contribution in [3.63, 3.8) is 0 Å². The van der Waals surface area contributed by atoms with Gasteiger partial charge in [0.15, 0.2) is 5.52 Å². The van der Waals surface area contributed by atoms with Crippen LogP contribution in [0, 0.1) is 3.57 Å². The van der Waals surface area contributed by atoms with Gasteiger partial charge in [-0.2, -0.15) is 4.40 Å². The molecule has 0 atom stereocenters. The molecular formula is C14H9IN3+. The van der Waals surface area contributed by atoms with Crippen molar-refractivity contribution in [1.29, 1.82) is 0 Å². The molecule has 0 saturated heterocycles. The maximum atomic E-state index is 4.68. The lowest BCUT2D eigenvalue weighted by Gasteiger charge is -1.93. The lowest BCUT2D eigenvalue weighted by Crippen LogP contribution is -2.19. The predicted octanol–water partition coefficient (Wildman–Crippen LogP) is 3.06. The molecule has 18 heavy (non-hydrogen) atoms. The molecule has 0 radical (unpaired) electrons. The normalized spacial score (nSPS) is 11.6. The maximum Gasteiger partial charge on any atom is 0.299 e. The molecule has 4 heteroatoms. The number of aromatic nitrogens is 3. The molecule has 0 aliphatic rings. The van der Waals surface area contributed by atoms with Gasteiger partial charge in [0.05, 0.1) is 11.7 Å². The van der Waals surface area contributed by atoms with Gasteiger partial charge in [0.1, 0.15) is 3.57 Å². The van der Waals surface area contributed by atoms with Gasteiger partial charge in [-0.05, 0) is 40.8 Å². The average Bonchev–Trinajstić information content (AvgIpc) is 2.76. The maximum absolute atomic E-state index is 4.68. The minimum atomic E-state index is 0.929. The Labute approximate surface area is 117 Å². The molecule has 4 aromatic rings. The Balaban J connectivity index is 2.27. The molecule has 4 rings (SSSR count). The summed E-state index contributed by atoms with van der Waals surface area (Å²) in [5, 5.41) is 1.16. The third-order valence-corrected chi connectivity index (χ3v) is 4.02. The quantitative estimate of drug-likeness (QED) is 0.385. The first-order valence-electron chi connectivity index (χ1n) is 5.70. The van der Waals surface area contributed by atoms with Gasteiger partial charge in [-0.25, -0.2) is 9.97 Å². The van der Waals surface area contributed by atoms with Gasteiger partial charge >= 0.3 is 0 Å². The Hall–Kier alpha value is -1.69. The number of benzene rings is 1. The first kappa shape index (κ1) is 10.3. The van der Waals surface area contributed by atoms with Crippen molar-refractivity contribution in [2.45, 2.75) is 0 Å². The third kappa shape index (κ3) is 1.35. The minimum Gasteiger partial charge on any atom is -0.220 e. The molecule has 1 aromatic carbocycles. The number of nitrogens with zero attached hydrogens (tertiary/aromatic N) is 2. The van der Waals surface area contributed by atoms with Gasteiger partial charge in [0.2, 0.25) is 0 Å². The van der Waals surface area contributed by atoms with E-state index in [9.17, 15) is 0 Å². The second-order valence-electron chi connectivity index (χ2n) is 4.25. The summed E-state index contributed by atoms with van der Waals surface area (Å²) in [6.07, 6.45) is 2.06. The largest absolute Gasteiger partial charge is 0.299 e. The van der Waals surface area contributed by atoms with E-state index in [2.05, 4.69) is 67.4 Å². The molecular weight excluding hydrogens is 337 g/mol. The summed E-state index contributed by atoms with van der Waals surface area (Å²) in [7, 11) is 0. The minimum absolute atomic E-state index is 0.929. The molecule has 0 fully saturated rings. The van der Waals surface area contributed by atoms with Crippen molar-refractivity contribution >= 4 is 50.3 Å². The molecule has 3 heterocycles. The van der Waals surface area contributed by atoms with Crippen molar-refractivity contribution in [1.82, 2.24) is 9.97 Å². The number of imidazole rings is 1. The number of nitrogens with one attached hydrogen (secondary N) is 1. The van der Waals surface area contributed by atoms with Crippen LogP contribution in [0.25, 0.3) is 27.7 Å². The van der Waals surface area contributed by atoms with Crippen LogP contribution < -0.4 is 4.40 Å². The van der Waals surface area contributed by atoms with Crippen molar-refractivity contribution in [2.75, 3.05) is 0 Å². The van der Waals surface area contributed by atoms with E-state index in [0.717, 1.165) is 27.7 Å². The highest BCUT2D eigenvalue weighted by molar-refractivity contribution is 14.1. The summed E-state index contributed by atoms with van der Waals surface area (Å²) >= 11 is 2.33. The van der Waals surface area contributed by atoms with Crippen LogP contribution in [0.5, 0.6) is 0 Å². The van der Waals surface area contributed by atoms with Crippen LogP contribution >= 0.6 is 22.6 Å². The number of para-hydroxylation sites is 1. The van der Waals surface area contributed by atoms with Gasteiger partial charge in [-0.15, -0.1) is 0 Å². The van der Waals surface area contributed by atoms with Crippen LogP contribution in [-0.4, -0.2) is 9.97 Å². The highest BCUT2D eigenvalue weighted by atomic mass is 127. The molecule has 86 valence electrons. The number of H-pyrrole nitrogens is 1. The van der Waals surface area contributed by atoms with E-state index < -0.39 is 0 Å². The first-order chi connectivity index (χ1) is 8.83. The summed E-state index contributed by atoms with van der Waals surface area (Å²) in [5.74, 6) is 0. The Morgan fingerprint density at radius 2 is 2.00 bits per heavy atom. The molecule has 0 amide bonds. The van der Waals surface area contributed by atoms with Crippen LogP contribution in [0.3, 0.4) is 0 Å². The van der Waals surface area contributed by atoms with Gasteiger partial charge in [-0.3, -0.25) is 0 Å². The highest BCUT2D eigenvalue weighted by Crippen LogP contribution is 2.18. The molecule has 0 unspecified atom stereocenters. The Kier molecular flexibility index (Phi) is 2.08. The molecule has 0 aliphatic heterocycles. The zero-order valence-electron chi connectivity index (χ0n) is 9.39. The topological polar surface area (TPSA) is 32.8 Å². The van der Waals surface area contributed by atoms with Gasteiger partial charge < -0.3 is 0 Å². The van der Waals surface area contributed by atoms with Crippen molar-refractivity contribution in [2.24, 2.45) is 0 Å². The summed E-state index contributed by atoms with van der Waals surface area (Å²) in [6.45, 7) is 0. The predicted molar refractivity (Wildman–Crippen MR) is 79.5 cm³/mol. The summed E-state index contributed by atoms with van der Waals surface area (Å²) < 4.78 is 3.34. The molecule has 3 nitrogen and oxygen atoms in total. The van der Waals surface area contributed by atoms with Gasteiger partial charge in [0, 0.05) is 11.5 Å². The molecule has 0 aliphatic carbocycles. The van der Waals surface area contributed by atoms with Crippen molar-refractivity contribution in [3.05, 3.63) is 52.2 Å². The van der Waals surface area contributed by atoms with E-state index in [0.29, 0.717) is 0 Å². The number of halogens is 1. The van der Waals surface area contributed by atoms with E-state index in [1.165, 1.54) is 3.57 Å². The fourth-order valence-corrected chi connectivity index (χ4v) is 2.90. The molecule has 0 bridgehead atoms. The lowest BCUT2D eigenvalue weighted by atomic mass is 10.2. The van der Waals surface area contributed by atoms with Crippen LogP contribution in [0.15, 0.2) is 48.7 Å². The Morgan fingerprint density at radius 1 is 1.11 bits per heavy atom. The standard InChI is InChI=1S/C14H8IN3/c15-10-5-3-7-18-12-8-9-4-1-2-6-11(9)16-13(12)17-14(10)18/h1-8H/p+1. The third-order valence-electron chi connectivity index (χ3n) is 3.15. The Bertz CT molecular complexity index is 895.